The maximum Gasteiger partial charge on any atom is 0.328 e. The summed E-state index contributed by atoms with van der Waals surface area (Å²) in [7, 11) is 0. The van der Waals surface area contributed by atoms with Crippen LogP contribution in [0.3, 0.4) is 0 Å². The van der Waals surface area contributed by atoms with Crippen molar-refractivity contribution in [3.8, 4) is 0 Å². The summed E-state index contributed by atoms with van der Waals surface area (Å²) in [6.45, 7) is 0. The molecule has 108 valence electrons. The molecule has 0 fully saturated rings. The average Bonchev–Trinajstić information content (AvgIpc) is 2.50. The second-order valence-electron chi connectivity index (χ2n) is 3.69. The van der Waals surface area contributed by atoms with Gasteiger partial charge in [0.15, 0.2) is 0 Å². The fourth-order valence-corrected chi connectivity index (χ4v) is 1.30. The number of amides is 1. The molecule has 6 heteroatoms. The Morgan fingerprint density at radius 1 is 1.05 bits per heavy atom. The van der Waals surface area contributed by atoms with Crippen LogP contribution in [0.2, 0.25) is 5.02 Å². The van der Waals surface area contributed by atoms with Gasteiger partial charge < -0.3 is 10.4 Å². The first-order chi connectivity index (χ1) is 10.1. The van der Waals surface area contributed by atoms with Crippen LogP contribution in [-0.4, -0.2) is 22.0 Å². The summed E-state index contributed by atoms with van der Waals surface area (Å²) in [5.41, 5.74) is 0.555. The molecule has 0 atom stereocenters. The summed E-state index contributed by atoms with van der Waals surface area (Å²) in [6.07, 6.45) is 5.21. The number of carboxylic acid groups (broad SMARTS) is 1. The van der Waals surface area contributed by atoms with E-state index in [2.05, 4.69) is 10.3 Å². The van der Waals surface area contributed by atoms with Gasteiger partial charge in [-0.1, -0.05) is 17.7 Å². The standard InChI is InChI=1S/C10H8ClNO3.C5H5N/c11-7-1-3-8(4-2-7)12-9(13)5-6-10(14)15;1-2-4-6-5-3-1/h1-6H,(H,12,13)(H,14,15);1-5H/b6-5+;. The molecule has 1 heterocycles. The summed E-state index contributed by atoms with van der Waals surface area (Å²) in [6, 6.07) is 12.2. The van der Waals surface area contributed by atoms with Gasteiger partial charge in [-0.25, -0.2) is 4.79 Å². The largest absolute Gasteiger partial charge is 0.478 e. The zero-order valence-electron chi connectivity index (χ0n) is 10.9. The first-order valence-corrected chi connectivity index (χ1v) is 6.28. The van der Waals surface area contributed by atoms with E-state index in [4.69, 9.17) is 16.7 Å². The fraction of sp³-hybridized carbons (Fsp3) is 0. The summed E-state index contributed by atoms with van der Waals surface area (Å²) < 4.78 is 0. The molecule has 1 aromatic carbocycles. The van der Waals surface area contributed by atoms with Crippen LogP contribution in [0.4, 0.5) is 5.69 Å². The van der Waals surface area contributed by atoms with Crippen LogP contribution < -0.4 is 5.32 Å². The molecule has 2 aromatic rings. The molecule has 2 N–H and O–H groups in total. The third-order valence-electron chi connectivity index (χ3n) is 2.06. The molecule has 0 bridgehead atoms. The Morgan fingerprint density at radius 3 is 2.10 bits per heavy atom. The number of benzene rings is 1. The van der Waals surface area contributed by atoms with Crippen LogP contribution >= 0.6 is 11.6 Å². The molecule has 1 amide bonds. The lowest BCUT2D eigenvalue weighted by molar-refractivity contribution is -0.131. The lowest BCUT2D eigenvalue weighted by Gasteiger charge is -2.00. The summed E-state index contributed by atoms with van der Waals surface area (Å²) in [5.74, 6) is -1.67. The monoisotopic (exact) mass is 304 g/mol. The smallest absolute Gasteiger partial charge is 0.328 e. The number of carboxylic acids is 1. The van der Waals surface area contributed by atoms with E-state index in [-0.39, 0.29) is 0 Å². The predicted molar refractivity (Wildman–Crippen MR) is 81.1 cm³/mol. The van der Waals surface area contributed by atoms with Gasteiger partial charge >= 0.3 is 5.97 Å². The number of rotatable bonds is 3. The van der Waals surface area contributed by atoms with Gasteiger partial charge in [0.25, 0.3) is 0 Å². The molecule has 5 nitrogen and oxygen atoms in total. The van der Waals surface area contributed by atoms with Crippen LogP contribution in [0.5, 0.6) is 0 Å². The molecule has 0 unspecified atom stereocenters. The number of aliphatic carboxylic acids is 1. The number of carbonyl (C=O) groups is 2. The highest BCUT2D eigenvalue weighted by Gasteiger charge is 1.98. The van der Waals surface area contributed by atoms with Gasteiger partial charge in [-0.05, 0) is 36.4 Å². The van der Waals surface area contributed by atoms with Crippen molar-refractivity contribution in [2.45, 2.75) is 0 Å². The number of nitrogens with zero attached hydrogens (tertiary/aromatic N) is 1. The number of carbonyl (C=O) groups excluding carboxylic acids is 1. The predicted octanol–water partition coefficient (Wildman–Crippen LogP) is 3.00. The van der Waals surface area contributed by atoms with Crippen LogP contribution in [-0.2, 0) is 9.59 Å². The number of halogens is 1. The Kier molecular flexibility index (Phi) is 7.24. The molecule has 0 spiro atoms. The third-order valence-corrected chi connectivity index (χ3v) is 2.31. The highest BCUT2D eigenvalue weighted by Crippen LogP contribution is 2.13. The third kappa shape index (κ3) is 8.18. The van der Waals surface area contributed by atoms with Gasteiger partial charge in [0.2, 0.25) is 5.91 Å². The summed E-state index contributed by atoms with van der Waals surface area (Å²) in [5, 5.41) is 11.3. The molecule has 1 aromatic heterocycles. The zero-order chi connectivity index (χ0) is 15.5. The Morgan fingerprint density at radius 2 is 1.67 bits per heavy atom. The number of nitrogens with one attached hydrogen (secondary N) is 1. The molecule has 0 saturated heterocycles. The quantitative estimate of drug-likeness (QED) is 0.854. The van der Waals surface area contributed by atoms with Crippen molar-refractivity contribution in [1.82, 2.24) is 4.98 Å². The molecule has 0 radical (unpaired) electrons. The van der Waals surface area contributed by atoms with Gasteiger partial charge in [0.1, 0.15) is 0 Å². The van der Waals surface area contributed by atoms with Gasteiger partial charge in [-0.2, -0.15) is 0 Å². The highest BCUT2D eigenvalue weighted by atomic mass is 35.5. The van der Waals surface area contributed by atoms with Crippen molar-refractivity contribution in [2.24, 2.45) is 0 Å². The van der Waals surface area contributed by atoms with Crippen LogP contribution in [0.15, 0.2) is 67.0 Å². The number of hydrogen-bond acceptors (Lipinski definition) is 3. The summed E-state index contributed by atoms with van der Waals surface area (Å²) in [4.78, 5) is 25.0. The molecule has 21 heavy (non-hydrogen) atoms. The minimum absolute atomic E-state index is 0.500. The maximum absolute atomic E-state index is 11.1. The molecule has 0 aliphatic rings. The molecular weight excluding hydrogens is 292 g/mol. The Balaban J connectivity index is 0.000000304. The SMILES string of the molecule is O=C(O)/C=C/C(=O)Nc1ccc(Cl)cc1.c1ccncc1. The minimum atomic E-state index is -1.17. The maximum atomic E-state index is 11.1. The van der Waals surface area contributed by atoms with Gasteiger partial charge in [0.05, 0.1) is 0 Å². The van der Waals surface area contributed by atoms with Crippen molar-refractivity contribution in [2.75, 3.05) is 5.32 Å². The lowest BCUT2D eigenvalue weighted by Crippen LogP contribution is -2.08. The van der Waals surface area contributed by atoms with Crippen molar-refractivity contribution in [3.63, 3.8) is 0 Å². The van der Waals surface area contributed by atoms with E-state index in [0.29, 0.717) is 10.7 Å². The molecule has 0 aliphatic carbocycles. The average molecular weight is 305 g/mol. The lowest BCUT2D eigenvalue weighted by atomic mass is 10.3. The fourth-order valence-electron chi connectivity index (χ4n) is 1.18. The first kappa shape index (κ1) is 16.4. The minimum Gasteiger partial charge on any atom is -0.478 e. The van der Waals surface area contributed by atoms with Crippen molar-refractivity contribution in [3.05, 3.63) is 72.0 Å². The van der Waals surface area contributed by atoms with E-state index >= 15 is 0 Å². The van der Waals surface area contributed by atoms with Crippen LogP contribution in [0, 0.1) is 0 Å². The normalized spacial score (nSPS) is 9.57. The van der Waals surface area contributed by atoms with E-state index in [1.807, 2.05) is 18.2 Å². The van der Waals surface area contributed by atoms with Crippen LogP contribution in [0.25, 0.3) is 0 Å². The number of pyridine rings is 1. The van der Waals surface area contributed by atoms with Crippen molar-refractivity contribution >= 4 is 29.2 Å². The molecule has 0 aliphatic heterocycles. The van der Waals surface area contributed by atoms with Gasteiger partial charge in [0, 0.05) is 35.3 Å². The molecular formula is C15H13ClN2O3. The van der Waals surface area contributed by atoms with Crippen molar-refractivity contribution < 1.29 is 14.7 Å². The van der Waals surface area contributed by atoms with Gasteiger partial charge in [-0.15, -0.1) is 0 Å². The first-order valence-electron chi connectivity index (χ1n) is 5.90. The topological polar surface area (TPSA) is 79.3 Å². The van der Waals surface area contributed by atoms with Crippen LogP contribution in [0.1, 0.15) is 0 Å². The highest BCUT2D eigenvalue weighted by molar-refractivity contribution is 6.30. The van der Waals surface area contributed by atoms with E-state index in [1.165, 1.54) is 0 Å². The van der Waals surface area contributed by atoms with Gasteiger partial charge in [-0.3, -0.25) is 9.78 Å². The second kappa shape index (κ2) is 9.28. The second-order valence-corrected chi connectivity index (χ2v) is 4.13. The number of aromatic nitrogens is 1. The Labute approximate surface area is 126 Å². The van der Waals surface area contributed by atoms with E-state index < -0.39 is 11.9 Å². The Hall–Kier alpha value is -2.66. The van der Waals surface area contributed by atoms with E-state index in [1.54, 1.807) is 36.7 Å². The zero-order valence-corrected chi connectivity index (χ0v) is 11.7. The number of hydrogen-bond donors (Lipinski definition) is 2. The number of anilines is 1. The summed E-state index contributed by atoms with van der Waals surface area (Å²) >= 11 is 5.65. The van der Waals surface area contributed by atoms with E-state index in [0.717, 1.165) is 12.2 Å². The molecule has 2 rings (SSSR count). The Bertz CT molecular complexity index is 571. The van der Waals surface area contributed by atoms with E-state index in [9.17, 15) is 9.59 Å². The van der Waals surface area contributed by atoms with Crippen molar-refractivity contribution in [1.29, 1.82) is 0 Å². The molecule has 0 saturated carbocycles.